The fourth-order valence-corrected chi connectivity index (χ4v) is 2.99. The number of nitrogens with one attached hydrogen (secondary N) is 1. The van der Waals surface area contributed by atoms with Gasteiger partial charge in [-0.05, 0) is 56.2 Å². The van der Waals surface area contributed by atoms with Gasteiger partial charge in [0.15, 0.2) is 0 Å². The van der Waals surface area contributed by atoms with Crippen LogP contribution in [0, 0.1) is 13.8 Å². The number of carbonyl (C=O) groups excluding carboxylic acids is 2. The van der Waals surface area contributed by atoms with Crippen molar-refractivity contribution in [3.05, 3.63) is 53.8 Å². The minimum atomic E-state index is -0.993. The average molecular weight is 309 g/mol. The van der Waals surface area contributed by atoms with E-state index < -0.39 is 5.54 Å². The van der Waals surface area contributed by atoms with Gasteiger partial charge in [-0.1, -0.05) is 12.1 Å². The van der Waals surface area contributed by atoms with Crippen molar-refractivity contribution >= 4 is 23.3 Å². The summed E-state index contributed by atoms with van der Waals surface area (Å²) >= 11 is 0. The fraction of sp³-hybridized carbons (Fsp3) is 0.278. The summed E-state index contributed by atoms with van der Waals surface area (Å²) in [4.78, 5) is 30.6. The largest absolute Gasteiger partial charge is 0.324 e. The lowest BCUT2D eigenvalue weighted by molar-refractivity contribution is -0.130. The summed E-state index contributed by atoms with van der Waals surface area (Å²) in [6.07, 6.45) is 7.20. The molecule has 1 unspecified atom stereocenters. The van der Waals surface area contributed by atoms with Gasteiger partial charge in [-0.25, -0.2) is 0 Å². The molecule has 2 aliphatic rings. The monoisotopic (exact) mass is 309 g/mol. The third-order valence-electron chi connectivity index (χ3n) is 4.07. The van der Waals surface area contributed by atoms with Crippen molar-refractivity contribution in [2.24, 2.45) is 4.99 Å². The Hall–Kier alpha value is -2.69. The minimum Gasteiger partial charge on any atom is -0.324 e. The summed E-state index contributed by atoms with van der Waals surface area (Å²) in [5.41, 5.74) is 1.90. The van der Waals surface area contributed by atoms with Crippen LogP contribution in [0.5, 0.6) is 0 Å². The Morgan fingerprint density at radius 3 is 2.61 bits per heavy atom. The fourth-order valence-electron chi connectivity index (χ4n) is 2.99. The first-order valence-corrected chi connectivity index (χ1v) is 7.54. The number of aryl methyl sites for hydroxylation is 2. The zero-order valence-electron chi connectivity index (χ0n) is 13.5. The zero-order valence-corrected chi connectivity index (χ0v) is 13.5. The van der Waals surface area contributed by atoms with E-state index in [1.807, 2.05) is 38.1 Å². The number of benzene rings is 1. The summed E-state index contributed by atoms with van der Waals surface area (Å²) in [5.74, 6) is -0.000652. The molecule has 2 aliphatic heterocycles. The molecule has 0 fully saturated rings. The van der Waals surface area contributed by atoms with E-state index in [0.717, 1.165) is 16.8 Å². The SMILES string of the molecule is Cc1cc(C)cc(NC(=O)C2(C)CC(=O)N=C3C=CC=CN32)c1. The van der Waals surface area contributed by atoms with Gasteiger partial charge in [0.2, 0.25) is 0 Å². The molecule has 2 amide bonds. The normalized spacial score (nSPS) is 22.7. The number of fused-ring (bicyclic) bond motifs is 1. The predicted molar refractivity (Wildman–Crippen MR) is 90.1 cm³/mol. The molecule has 0 radical (unpaired) electrons. The van der Waals surface area contributed by atoms with E-state index >= 15 is 0 Å². The number of allylic oxidation sites excluding steroid dienone is 2. The molecule has 0 saturated carbocycles. The molecule has 0 aromatic heterocycles. The number of carbonyl (C=O) groups is 2. The molecule has 3 rings (SSSR count). The number of hydrogen-bond acceptors (Lipinski definition) is 3. The van der Waals surface area contributed by atoms with Crippen LogP contribution in [0.15, 0.2) is 47.6 Å². The number of nitrogens with zero attached hydrogens (tertiary/aromatic N) is 2. The summed E-state index contributed by atoms with van der Waals surface area (Å²) < 4.78 is 0. The first kappa shape index (κ1) is 15.2. The van der Waals surface area contributed by atoms with Crippen LogP contribution in [0.4, 0.5) is 5.69 Å². The molecular weight excluding hydrogens is 290 g/mol. The summed E-state index contributed by atoms with van der Waals surface area (Å²) in [7, 11) is 0. The van der Waals surface area contributed by atoms with Crippen molar-refractivity contribution in [1.82, 2.24) is 4.90 Å². The molecule has 0 bridgehead atoms. The zero-order chi connectivity index (χ0) is 16.6. The van der Waals surface area contributed by atoms with Crippen molar-refractivity contribution in [1.29, 1.82) is 0 Å². The molecule has 1 aromatic carbocycles. The highest BCUT2D eigenvalue weighted by Gasteiger charge is 2.45. The highest BCUT2D eigenvalue weighted by molar-refractivity contribution is 6.11. The molecule has 1 aromatic rings. The molecule has 1 N–H and O–H groups in total. The Labute approximate surface area is 135 Å². The molecule has 5 heteroatoms. The Morgan fingerprint density at radius 1 is 1.22 bits per heavy atom. The Balaban J connectivity index is 1.91. The van der Waals surface area contributed by atoms with Gasteiger partial charge in [-0.3, -0.25) is 9.59 Å². The molecule has 5 nitrogen and oxygen atoms in total. The Kier molecular flexibility index (Phi) is 3.64. The van der Waals surface area contributed by atoms with Gasteiger partial charge in [-0.15, -0.1) is 0 Å². The van der Waals surface area contributed by atoms with Crippen molar-refractivity contribution in [3.63, 3.8) is 0 Å². The lowest BCUT2D eigenvalue weighted by Gasteiger charge is -2.41. The number of rotatable bonds is 2. The van der Waals surface area contributed by atoms with Gasteiger partial charge in [0.25, 0.3) is 11.8 Å². The molecule has 23 heavy (non-hydrogen) atoms. The van der Waals surface area contributed by atoms with Crippen LogP contribution in [0.3, 0.4) is 0 Å². The Bertz CT molecular complexity index is 756. The molecule has 0 spiro atoms. The summed E-state index contributed by atoms with van der Waals surface area (Å²) in [6, 6.07) is 5.88. The lowest BCUT2D eigenvalue weighted by Crippen LogP contribution is -2.58. The van der Waals surface area contributed by atoms with Gasteiger partial charge in [0.05, 0.1) is 6.42 Å². The third-order valence-corrected chi connectivity index (χ3v) is 4.07. The first-order valence-electron chi connectivity index (χ1n) is 7.54. The van der Waals surface area contributed by atoms with E-state index in [9.17, 15) is 9.59 Å². The predicted octanol–water partition coefficient (Wildman–Crippen LogP) is 2.71. The lowest BCUT2D eigenvalue weighted by atomic mass is 9.91. The quantitative estimate of drug-likeness (QED) is 0.913. The molecule has 0 aliphatic carbocycles. The molecule has 2 heterocycles. The van der Waals surface area contributed by atoms with Gasteiger partial charge in [-0.2, -0.15) is 4.99 Å². The van der Waals surface area contributed by atoms with E-state index in [0.29, 0.717) is 5.84 Å². The van der Waals surface area contributed by atoms with Gasteiger partial charge in [0, 0.05) is 11.9 Å². The number of amides is 2. The maximum atomic E-state index is 12.9. The third kappa shape index (κ3) is 2.82. The summed E-state index contributed by atoms with van der Waals surface area (Å²) in [5, 5.41) is 2.94. The van der Waals surface area contributed by atoms with Crippen LogP contribution in [0.1, 0.15) is 24.5 Å². The van der Waals surface area contributed by atoms with Crippen LogP contribution in [-0.2, 0) is 9.59 Å². The smallest absolute Gasteiger partial charge is 0.250 e. The number of amidine groups is 1. The van der Waals surface area contributed by atoms with E-state index in [1.54, 1.807) is 30.2 Å². The topological polar surface area (TPSA) is 61.8 Å². The second-order valence-corrected chi connectivity index (χ2v) is 6.22. The average Bonchev–Trinajstić information content (AvgIpc) is 2.45. The van der Waals surface area contributed by atoms with E-state index in [4.69, 9.17) is 0 Å². The van der Waals surface area contributed by atoms with Crippen LogP contribution in [-0.4, -0.2) is 28.1 Å². The minimum absolute atomic E-state index is 0.0469. The second-order valence-electron chi connectivity index (χ2n) is 6.22. The first-order chi connectivity index (χ1) is 10.9. The molecule has 0 saturated heterocycles. The number of anilines is 1. The highest BCUT2D eigenvalue weighted by atomic mass is 16.2. The molecule has 118 valence electrons. The summed E-state index contributed by atoms with van der Waals surface area (Å²) in [6.45, 7) is 5.73. The van der Waals surface area contributed by atoms with Crippen molar-refractivity contribution in [2.75, 3.05) is 5.32 Å². The van der Waals surface area contributed by atoms with Gasteiger partial charge in [0.1, 0.15) is 11.4 Å². The molecule has 1 atom stereocenters. The highest BCUT2D eigenvalue weighted by Crippen LogP contribution is 2.29. The second kappa shape index (κ2) is 5.50. The Morgan fingerprint density at radius 2 is 1.91 bits per heavy atom. The maximum absolute atomic E-state index is 12.9. The van der Waals surface area contributed by atoms with Crippen LogP contribution in [0.2, 0.25) is 0 Å². The number of hydrogen-bond donors (Lipinski definition) is 1. The van der Waals surface area contributed by atoms with Crippen molar-refractivity contribution in [3.8, 4) is 0 Å². The van der Waals surface area contributed by atoms with Crippen molar-refractivity contribution < 1.29 is 9.59 Å². The van der Waals surface area contributed by atoms with E-state index in [-0.39, 0.29) is 18.2 Å². The van der Waals surface area contributed by atoms with Gasteiger partial charge >= 0.3 is 0 Å². The number of aliphatic imine (C=N–C) groups is 1. The van der Waals surface area contributed by atoms with Crippen LogP contribution >= 0.6 is 0 Å². The molecular formula is C18H19N3O2. The van der Waals surface area contributed by atoms with Crippen LogP contribution in [0.25, 0.3) is 0 Å². The van der Waals surface area contributed by atoms with Gasteiger partial charge < -0.3 is 10.2 Å². The standard InChI is InChI=1S/C18H19N3O2/c1-12-8-13(2)10-14(9-12)19-17(23)18(3)11-16(22)20-15-6-4-5-7-21(15)18/h4-10H,11H2,1-3H3,(H,19,23). The van der Waals surface area contributed by atoms with Crippen LogP contribution < -0.4 is 5.32 Å². The van der Waals surface area contributed by atoms with Crippen molar-refractivity contribution in [2.45, 2.75) is 32.7 Å². The van der Waals surface area contributed by atoms with E-state index in [1.165, 1.54) is 0 Å². The maximum Gasteiger partial charge on any atom is 0.250 e. The van der Waals surface area contributed by atoms with E-state index in [2.05, 4.69) is 10.3 Å².